The molecule has 0 atom stereocenters. The number of hydrogen-bond donors (Lipinski definition) is 0. The van der Waals surface area contributed by atoms with E-state index in [1.165, 1.54) is 0 Å². The molecule has 0 aliphatic heterocycles. The van der Waals surface area contributed by atoms with Gasteiger partial charge in [-0.3, -0.25) is 4.79 Å². The third-order valence-corrected chi connectivity index (χ3v) is 1.74. The van der Waals surface area contributed by atoms with Crippen molar-refractivity contribution in [3.05, 3.63) is 35.7 Å². The van der Waals surface area contributed by atoms with Gasteiger partial charge in [0.15, 0.2) is 6.29 Å². The number of carbonyl (C=O) groups is 1. The van der Waals surface area contributed by atoms with Gasteiger partial charge in [0.1, 0.15) is 0 Å². The molecule has 2 aromatic heterocycles. The van der Waals surface area contributed by atoms with Gasteiger partial charge >= 0.3 is 0 Å². The van der Waals surface area contributed by atoms with Gasteiger partial charge in [0, 0.05) is 11.8 Å². The van der Waals surface area contributed by atoms with Crippen LogP contribution in [0.15, 0.2) is 24.4 Å². The summed E-state index contributed by atoms with van der Waals surface area (Å²) in [4.78, 5) is 10.4. The monoisotopic (exact) mass is 160 g/mol. The number of rotatable bonds is 1. The predicted molar refractivity (Wildman–Crippen MR) is 45.3 cm³/mol. The zero-order valence-corrected chi connectivity index (χ0v) is 6.69. The number of pyridine rings is 1. The molecule has 2 rings (SSSR count). The molecule has 0 N–H and O–H groups in total. The number of nitrogens with zero attached hydrogens (tertiary/aromatic N) is 2. The van der Waals surface area contributed by atoms with E-state index in [1.807, 2.05) is 19.1 Å². The van der Waals surface area contributed by atoms with Crippen LogP contribution in [0.2, 0.25) is 0 Å². The molecule has 0 aliphatic carbocycles. The smallest absolute Gasteiger partial charge is 0.151 e. The zero-order chi connectivity index (χ0) is 8.55. The number of aromatic nitrogens is 2. The molecule has 0 saturated heterocycles. The minimum atomic E-state index is 0.644. The highest BCUT2D eigenvalue weighted by Crippen LogP contribution is 2.06. The lowest BCUT2D eigenvalue weighted by atomic mass is 10.3. The lowest BCUT2D eigenvalue weighted by Gasteiger charge is -1.92. The van der Waals surface area contributed by atoms with Gasteiger partial charge in [-0.15, -0.1) is 0 Å². The molecule has 0 spiro atoms. The fourth-order valence-corrected chi connectivity index (χ4v) is 1.20. The maximum Gasteiger partial charge on any atom is 0.151 e. The van der Waals surface area contributed by atoms with E-state index in [-0.39, 0.29) is 0 Å². The number of aldehydes is 1. The van der Waals surface area contributed by atoms with Crippen LogP contribution in [0.1, 0.15) is 16.1 Å². The maximum absolute atomic E-state index is 10.4. The van der Waals surface area contributed by atoms with Crippen LogP contribution in [0.5, 0.6) is 0 Å². The highest BCUT2D eigenvalue weighted by Gasteiger charge is 1.97. The molecular weight excluding hydrogens is 152 g/mol. The van der Waals surface area contributed by atoms with E-state index in [0.717, 1.165) is 17.5 Å². The molecule has 2 aromatic rings. The molecular formula is C9H8N2O. The average Bonchev–Trinajstić information content (AvgIpc) is 2.43. The molecule has 0 saturated carbocycles. The van der Waals surface area contributed by atoms with Gasteiger partial charge in [0.25, 0.3) is 0 Å². The van der Waals surface area contributed by atoms with Crippen molar-refractivity contribution in [3.8, 4) is 0 Å². The van der Waals surface area contributed by atoms with E-state index >= 15 is 0 Å². The normalized spacial score (nSPS) is 10.4. The summed E-state index contributed by atoms with van der Waals surface area (Å²) in [6.07, 6.45) is 2.53. The van der Waals surface area contributed by atoms with E-state index in [1.54, 1.807) is 16.8 Å². The molecule has 0 aliphatic rings. The first-order valence-corrected chi connectivity index (χ1v) is 3.71. The van der Waals surface area contributed by atoms with E-state index in [9.17, 15) is 4.79 Å². The van der Waals surface area contributed by atoms with Gasteiger partial charge in [-0.2, -0.15) is 5.10 Å². The van der Waals surface area contributed by atoms with Crippen LogP contribution < -0.4 is 0 Å². The summed E-state index contributed by atoms with van der Waals surface area (Å²) < 4.78 is 1.71. The number of fused-ring (bicyclic) bond motifs is 1. The van der Waals surface area contributed by atoms with E-state index in [2.05, 4.69) is 5.10 Å². The van der Waals surface area contributed by atoms with Gasteiger partial charge in [-0.05, 0) is 25.1 Å². The Morgan fingerprint density at radius 1 is 1.50 bits per heavy atom. The van der Waals surface area contributed by atoms with E-state index in [4.69, 9.17) is 0 Å². The van der Waals surface area contributed by atoms with Gasteiger partial charge in [-0.1, -0.05) is 0 Å². The highest BCUT2D eigenvalue weighted by atomic mass is 16.1. The summed E-state index contributed by atoms with van der Waals surface area (Å²) in [6, 6.07) is 5.63. The summed E-state index contributed by atoms with van der Waals surface area (Å²) >= 11 is 0. The molecule has 0 amide bonds. The minimum Gasteiger partial charge on any atom is -0.298 e. The van der Waals surface area contributed by atoms with Crippen LogP contribution in [0.25, 0.3) is 5.52 Å². The van der Waals surface area contributed by atoms with Crippen LogP contribution in [0, 0.1) is 6.92 Å². The Hall–Kier alpha value is -1.64. The van der Waals surface area contributed by atoms with Crippen LogP contribution in [-0.4, -0.2) is 15.9 Å². The summed E-state index contributed by atoms with van der Waals surface area (Å²) in [5, 5.41) is 4.18. The molecule has 3 nitrogen and oxygen atoms in total. The Balaban J connectivity index is 2.74. The fourth-order valence-electron chi connectivity index (χ4n) is 1.20. The predicted octanol–water partition coefficient (Wildman–Crippen LogP) is 1.46. The lowest BCUT2D eigenvalue weighted by Crippen LogP contribution is -1.89. The fraction of sp³-hybridized carbons (Fsp3) is 0.111. The van der Waals surface area contributed by atoms with Crippen molar-refractivity contribution in [2.75, 3.05) is 0 Å². The number of hydrogen-bond acceptors (Lipinski definition) is 2. The van der Waals surface area contributed by atoms with Gasteiger partial charge in [0.2, 0.25) is 0 Å². The van der Waals surface area contributed by atoms with Crippen molar-refractivity contribution >= 4 is 11.8 Å². The summed E-state index contributed by atoms with van der Waals surface area (Å²) in [5.74, 6) is 0. The van der Waals surface area contributed by atoms with Crippen molar-refractivity contribution in [2.24, 2.45) is 0 Å². The van der Waals surface area contributed by atoms with Gasteiger partial charge in [0.05, 0.1) is 11.2 Å². The zero-order valence-electron chi connectivity index (χ0n) is 6.69. The third kappa shape index (κ3) is 0.993. The lowest BCUT2D eigenvalue weighted by molar-refractivity contribution is 0.112. The standard InChI is InChI=1S/C9H8N2O/c1-7-4-9-3-2-8(6-12)5-11(9)10-7/h2-6H,1H3. The summed E-state index contributed by atoms with van der Waals surface area (Å²) in [5.41, 5.74) is 2.61. The molecule has 3 heteroatoms. The Bertz CT molecular complexity index is 431. The molecule has 0 bridgehead atoms. The topological polar surface area (TPSA) is 34.4 Å². The molecule has 0 unspecified atom stereocenters. The molecule has 0 radical (unpaired) electrons. The Kier molecular flexibility index (Phi) is 1.43. The molecule has 2 heterocycles. The second-order valence-electron chi connectivity index (χ2n) is 2.74. The second kappa shape index (κ2) is 2.44. The van der Waals surface area contributed by atoms with Gasteiger partial charge in [-0.25, -0.2) is 4.52 Å². The van der Waals surface area contributed by atoms with E-state index in [0.29, 0.717) is 5.56 Å². The Morgan fingerprint density at radius 3 is 3.08 bits per heavy atom. The molecule has 0 aromatic carbocycles. The quantitative estimate of drug-likeness (QED) is 0.592. The number of carbonyl (C=O) groups excluding carboxylic acids is 1. The van der Waals surface area contributed by atoms with Crippen LogP contribution in [0.3, 0.4) is 0 Å². The molecule has 60 valence electrons. The maximum atomic E-state index is 10.4. The summed E-state index contributed by atoms with van der Waals surface area (Å²) in [6.45, 7) is 1.92. The third-order valence-electron chi connectivity index (χ3n) is 1.74. The Morgan fingerprint density at radius 2 is 2.33 bits per heavy atom. The first-order chi connectivity index (χ1) is 5.79. The minimum absolute atomic E-state index is 0.644. The van der Waals surface area contributed by atoms with E-state index < -0.39 is 0 Å². The molecule has 0 fully saturated rings. The van der Waals surface area contributed by atoms with Crippen LogP contribution >= 0.6 is 0 Å². The SMILES string of the molecule is Cc1cc2ccc(C=O)cn2n1. The van der Waals surface area contributed by atoms with Crippen molar-refractivity contribution in [1.82, 2.24) is 9.61 Å². The Labute approximate surface area is 69.6 Å². The summed E-state index contributed by atoms with van der Waals surface area (Å²) in [7, 11) is 0. The van der Waals surface area contributed by atoms with Crippen molar-refractivity contribution in [1.29, 1.82) is 0 Å². The van der Waals surface area contributed by atoms with Gasteiger partial charge < -0.3 is 0 Å². The van der Waals surface area contributed by atoms with Crippen molar-refractivity contribution in [3.63, 3.8) is 0 Å². The second-order valence-corrected chi connectivity index (χ2v) is 2.74. The van der Waals surface area contributed by atoms with Crippen molar-refractivity contribution in [2.45, 2.75) is 6.92 Å². The molecule has 12 heavy (non-hydrogen) atoms. The highest BCUT2D eigenvalue weighted by molar-refractivity contribution is 5.75. The first kappa shape index (κ1) is 7.03. The van der Waals surface area contributed by atoms with Crippen LogP contribution in [0.4, 0.5) is 0 Å². The van der Waals surface area contributed by atoms with Crippen molar-refractivity contribution < 1.29 is 4.79 Å². The largest absolute Gasteiger partial charge is 0.298 e. The average molecular weight is 160 g/mol. The van der Waals surface area contributed by atoms with Crippen LogP contribution in [-0.2, 0) is 0 Å². The number of aryl methyl sites for hydroxylation is 1. The first-order valence-electron chi connectivity index (χ1n) is 3.71.